The van der Waals surface area contributed by atoms with Crippen LogP contribution < -0.4 is 10.9 Å². The van der Waals surface area contributed by atoms with E-state index in [0.29, 0.717) is 0 Å². The Morgan fingerprint density at radius 2 is 1.18 bits per heavy atom. The van der Waals surface area contributed by atoms with Gasteiger partial charge in [-0.3, -0.25) is 15.0 Å². The smallest absolute Gasteiger partial charge is 0.422 e. The van der Waals surface area contributed by atoms with Gasteiger partial charge < -0.3 is 14.2 Å². The normalized spacial score (nSPS) is 12.2. The van der Waals surface area contributed by atoms with Gasteiger partial charge in [0.15, 0.2) is 5.60 Å². The van der Waals surface area contributed by atoms with Crippen molar-refractivity contribution in [2.75, 3.05) is 7.11 Å². The summed E-state index contributed by atoms with van der Waals surface area (Å²) in [7, 11) is 1.23. The van der Waals surface area contributed by atoms with Crippen LogP contribution in [0, 0.1) is 0 Å². The molecule has 0 bridgehead atoms. The molecule has 0 saturated heterocycles. The third kappa shape index (κ3) is 7.43. The maximum Gasteiger partial charge on any atom is 0.422 e. The first-order valence-corrected chi connectivity index (χ1v) is 12.4. The van der Waals surface area contributed by atoms with E-state index >= 15 is 0 Å². The summed E-state index contributed by atoms with van der Waals surface area (Å²) < 4.78 is 16.3. The van der Waals surface area contributed by atoms with Gasteiger partial charge in [0, 0.05) is 23.1 Å². The van der Waals surface area contributed by atoms with E-state index in [2.05, 4.69) is 10.9 Å². The Morgan fingerprint density at radius 1 is 0.737 bits per heavy atom. The highest BCUT2D eigenvalue weighted by atomic mass is 16.6. The van der Waals surface area contributed by atoms with Crippen molar-refractivity contribution in [1.29, 1.82) is 0 Å². The molecular weight excluding hydrogens is 484 g/mol. The number of hydrogen-bond acceptors (Lipinski definition) is 7. The summed E-state index contributed by atoms with van der Waals surface area (Å²) in [5, 5.41) is 0. The zero-order valence-corrected chi connectivity index (χ0v) is 22.1. The van der Waals surface area contributed by atoms with E-state index in [1.165, 1.54) is 7.11 Å². The van der Waals surface area contributed by atoms with Crippen molar-refractivity contribution in [2.24, 2.45) is 0 Å². The van der Waals surface area contributed by atoms with E-state index in [-0.39, 0.29) is 12.8 Å². The minimum atomic E-state index is -1.22. The van der Waals surface area contributed by atoms with Crippen LogP contribution in [-0.2, 0) is 29.4 Å². The minimum Gasteiger partial charge on any atom is -0.468 e. The average Bonchev–Trinajstić information content (AvgIpc) is 2.92. The van der Waals surface area contributed by atoms with E-state index in [1.54, 1.807) is 20.8 Å². The van der Waals surface area contributed by atoms with Crippen molar-refractivity contribution in [3.05, 3.63) is 108 Å². The highest BCUT2D eigenvalue weighted by Gasteiger charge is 2.40. The molecule has 2 N–H and O–H groups in total. The van der Waals surface area contributed by atoms with E-state index in [0.717, 1.165) is 16.7 Å². The highest BCUT2D eigenvalue weighted by Crippen LogP contribution is 2.40. The molecule has 8 nitrogen and oxygen atoms in total. The topological polar surface area (TPSA) is 103 Å². The molecule has 200 valence electrons. The zero-order valence-electron chi connectivity index (χ0n) is 22.1. The maximum atomic E-state index is 13.4. The van der Waals surface area contributed by atoms with Crippen LogP contribution in [0.25, 0.3) is 0 Å². The summed E-state index contributed by atoms with van der Waals surface area (Å²) in [4.78, 5) is 37.8. The van der Waals surface area contributed by atoms with Crippen LogP contribution in [0.5, 0.6) is 0 Å². The lowest BCUT2D eigenvalue weighted by molar-refractivity contribution is -0.154. The molecule has 0 radical (unpaired) electrons. The van der Waals surface area contributed by atoms with Crippen LogP contribution in [0.15, 0.2) is 91.0 Å². The molecule has 0 aliphatic carbocycles. The van der Waals surface area contributed by atoms with E-state index in [4.69, 9.17) is 14.2 Å². The number of nitrogens with one attached hydrogen (secondary N) is 2. The largest absolute Gasteiger partial charge is 0.468 e. The summed E-state index contributed by atoms with van der Waals surface area (Å²) in [5.74, 6) is -1.18. The lowest BCUT2D eigenvalue weighted by Gasteiger charge is -2.35. The van der Waals surface area contributed by atoms with Gasteiger partial charge >= 0.3 is 18.0 Å². The Labute approximate surface area is 223 Å². The summed E-state index contributed by atoms with van der Waals surface area (Å²) in [6.07, 6.45) is -0.877. The molecule has 0 aromatic heterocycles. The van der Waals surface area contributed by atoms with Crippen LogP contribution >= 0.6 is 0 Å². The molecule has 8 heteroatoms. The Bertz CT molecular complexity index is 1100. The zero-order chi connectivity index (χ0) is 27.6. The number of hydrazine groups is 1. The van der Waals surface area contributed by atoms with Crippen LogP contribution in [0.3, 0.4) is 0 Å². The van der Waals surface area contributed by atoms with Gasteiger partial charge in [-0.05, 0) is 27.2 Å². The molecule has 3 rings (SSSR count). The van der Waals surface area contributed by atoms with Gasteiger partial charge in [-0.25, -0.2) is 10.2 Å². The van der Waals surface area contributed by atoms with Gasteiger partial charge in [0.1, 0.15) is 11.6 Å². The SMILES string of the molecule is COC(=O)[C@H](CCC(=O)OC(c1ccccc1)(c1ccccc1)c1ccccc1)NNC(=O)OC(C)(C)C. The van der Waals surface area contributed by atoms with Gasteiger partial charge in [-0.15, -0.1) is 0 Å². The van der Waals surface area contributed by atoms with Crippen LogP contribution in [-0.4, -0.2) is 36.8 Å². The number of benzene rings is 3. The lowest BCUT2D eigenvalue weighted by Crippen LogP contribution is -2.50. The van der Waals surface area contributed by atoms with Crippen molar-refractivity contribution in [2.45, 2.75) is 50.9 Å². The molecule has 0 spiro atoms. The Kier molecular flexibility index (Phi) is 9.62. The second-order valence-corrected chi connectivity index (χ2v) is 9.64. The molecular formula is C30H34N2O6. The van der Waals surface area contributed by atoms with Gasteiger partial charge in [0.25, 0.3) is 0 Å². The first-order chi connectivity index (χ1) is 18.2. The molecule has 1 amide bonds. The molecule has 0 aliphatic heterocycles. The molecule has 3 aromatic rings. The number of hydrogen-bond donors (Lipinski definition) is 2. The number of rotatable bonds is 10. The average molecular weight is 519 g/mol. The number of carbonyl (C=O) groups excluding carboxylic acids is 3. The van der Waals surface area contributed by atoms with Crippen molar-refractivity contribution in [3.63, 3.8) is 0 Å². The summed E-state index contributed by atoms with van der Waals surface area (Å²) >= 11 is 0. The van der Waals surface area contributed by atoms with Crippen LogP contribution in [0.2, 0.25) is 0 Å². The van der Waals surface area contributed by atoms with E-state index in [9.17, 15) is 14.4 Å². The molecule has 0 heterocycles. The van der Waals surface area contributed by atoms with Crippen molar-refractivity contribution in [3.8, 4) is 0 Å². The second-order valence-electron chi connectivity index (χ2n) is 9.64. The standard InChI is InChI=1S/C30H34N2O6/c1-29(2,3)38-28(35)32-31-25(27(34)36-4)20-21-26(33)37-30(22-14-8-5-9-15-22,23-16-10-6-11-17-23)24-18-12-7-13-19-24/h5-19,25,31H,20-21H2,1-4H3,(H,32,35)/t25-/m0/s1. The number of amides is 1. The monoisotopic (exact) mass is 518 g/mol. The summed E-state index contributed by atoms with van der Waals surface area (Å²) in [6, 6.07) is 27.5. The third-order valence-electron chi connectivity index (χ3n) is 5.68. The molecule has 38 heavy (non-hydrogen) atoms. The molecule has 0 aliphatic rings. The first-order valence-electron chi connectivity index (χ1n) is 12.4. The molecule has 0 unspecified atom stereocenters. The van der Waals surface area contributed by atoms with Gasteiger partial charge in [-0.1, -0.05) is 91.0 Å². The predicted octanol–water partition coefficient (Wildman–Crippen LogP) is 4.87. The minimum absolute atomic E-state index is 0.00968. The van der Waals surface area contributed by atoms with E-state index in [1.807, 2.05) is 91.0 Å². The maximum absolute atomic E-state index is 13.4. The number of ether oxygens (including phenoxy) is 3. The van der Waals surface area contributed by atoms with Crippen molar-refractivity contribution < 1.29 is 28.6 Å². The van der Waals surface area contributed by atoms with Gasteiger partial charge in [0.05, 0.1) is 7.11 Å². The molecule has 1 atom stereocenters. The fourth-order valence-electron chi connectivity index (χ4n) is 4.02. The fourth-order valence-corrected chi connectivity index (χ4v) is 4.02. The Hall–Kier alpha value is -4.17. The first kappa shape index (κ1) is 28.4. The van der Waals surface area contributed by atoms with Gasteiger partial charge in [0.2, 0.25) is 0 Å². The van der Waals surface area contributed by atoms with Gasteiger partial charge in [-0.2, -0.15) is 0 Å². The predicted molar refractivity (Wildman–Crippen MR) is 143 cm³/mol. The fraction of sp³-hybridized carbons (Fsp3) is 0.300. The quantitative estimate of drug-likeness (QED) is 0.171. The number of methoxy groups -OCH3 is 1. The third-order valence-corrected chi connectivity index (χ3v) is 5.68. The Balaban J connectivity index is 1.86. The summed E-state index contributed by atoms with van der Waals surface area (Å²) in [6.45, 7) is 5.16. The highest BCUT2D eigenvalue weighted by molar-refractivity contribution is 5.78. The molecule has 0 fully saturated rings. The number of esters is 2. The Morgan fingerprint density at radius 3 is 1.58 bits per heavy atom. The van der Waals surface area contributed by atoms with Crippen molar-refractivity contribution in [1.82, 2.24) is 10.9 Å². The number of carbonyl (C=O) groups is 3. The van der Waals surface area contributed by atoms with Crippen LogP contribution in [0.1, 0.15) is 50.3 Å². The summed E-state index contributed by atoms with van der Waals surface area (Å²) in [5.41, 5.74) is 5.34. The lowest BCUT2D eigenvalue weighted by atomic mass is 9.80. The second kappa shape index (κ2) is 12.9. The van der Waals surface area contributed by atoms with Crippen LogP contribution in [0.4, 0.5) is 4.79 Å². The molecule has 0 saturated carbocycles. The molecule has 3 aromatic carbocycles. The van der Waals surface area contributed by atoms with Crippen molar-refractivity contribution >= 4 is 18.0 Å². The van der Waals surface area contributed by atoms with E-state index < -0.39 is 35.3 Å².